The number of anilines is 1. The van der Waals surface area contributed by atoms with Gasteiger partial charge in [0.15, 0.2) is 0 Å². The van der Waals surface area contributed by atoms with Crippen LogP contribution >= 0.6 is 11.8 Å². The third-order valence-corrected chi connectivity index (χ3v) is 2.20. The zero-order chi connectivity index (χ0) is 10.4. The van der Waals surface area contributed by atoms with Crippen LogP contribution in [0.2, 0.25) is 0 Å². The quantitative estimate of drug-likeness (QED) is 0.586. The van der Waals surface area contributed by atoms with Gasteiger partial charge < -0.3 is 10.5 Å². The van der Waals surface area contributed by atoms with E-state index in [1.165, 1.54) is 11.8 Å². The predicted octanol–water partition coefficient (Wildman–Crippen LogP) is 0.714. The Balaban J connectivity index is 2.38. The molecular formula is C8H11N3O2S. The van der Waals surface area contributed by atoms with Crippen LogP contribution in [0, 0.1) is 0 Å². The Hall–Kier alpha value is -1.30. The summed E-state index contributed by atoms with van der Waals surface area (Å²) in [5, 5.41) is 8.11. The zero-order valence-corrected chi connectivity index (χ0v) is 8.58. The molecule has 0 atom stereocenters. The molecule has 0 aliphatic heterocycles. The normalized spacial score (nSPS) is 9.79. The molecule has 1 aromatic rings. The number of ether oxygens (including phenoxy) is 1. The number of thioether (sulfide) groups is 1. The van der Waals surface area contributed by atoms with Gasteiger partial charge in [-0.3, -0.25) is 4.79 Å². The van der Waals surface area contributed by atoms with Crippen molar-refractivity contribution in [1.29, 1.82) is 0 Å². The summed E-state index contributed by atoms with van der Waals surface area (Å²) in [5.74, 6) is 0.355. The summed E-state index contributed by atoms with van der Waals surface area (Å²) in [6.07, 6.45) is 0. The molecule has 0 amide bonds. The molecule has 0 unspecified atom stereocenters. The van der Waals surface area contributed by atoms with Gasteiger partial charge in [-0.05, 0) is 19.1 Å². The summed E-state index contributed by atoms with van der Waals surface area (Å²) < 4.78 is 4.75. The largest absolute Gasteiger partial charge is 0.465 e. The van der Waals surface area contributed by atoms with Gasteiger partial charge in [0.2, 0.25) is 0 Å². The average molecular weight is 213 g/mol. The van der Waals surface area contributed by atoms with E-state index in [2.05, 4.69) is 10.2 Å². The van der Waals surface area contributed by atoms with Crippen molar-refractivity contribution in [1.82, 2.24) is 10.2 Å². The predicted molar refractivity (Wildman–Crippen MR) is 53.8 cm³/mol. The average Bonchev–Trinajstić information content (AvgIpc) is 2.17. The first kappa shape index (κ1) is 10.8. The molecule has 6 heteroatoms. The van der Waals surface area contributed by atoms with Crippen LogP contribution in [-0.2, 0) is 9.53 Å². The monoisotopic (exact) mass is 213 g/mol. The molecule has 0 spiro atoms. The highest BCUT2D eigenvalue weighted by Gasteiger charge is 2.03. The lowest BCUT2D eigenvalue weighted by Crippen LogP contribution is -2.06. The highest BCUT2D eigenvalue weighted by Crippen LogP contribution is 2.14. The number of rotatable bonds is 4. The number of hydrogen-bond donors (Lipinski definition) is 1. The number of carbonyl (C=O) groups excluding carboxylic acids is 1. The fourth-order valence-corrected chi connectivity index (χ4v) is 1.35. The molecule has 0 aliphatic carbocycles. The molecule has 14 heavy (non-hydrogen) atoms. The van der Waals surface area contributed by atoms with Crippen molar-refractivity contribution in [3.63, 3.8) is 0 Å². The number of carbonyl (C=O) groups is 1. The second-order valence-corrected chi connectivity index (χ2v) is 3.39. The zero-order valence-electron chi connectivity index (χ0n) is 7.77. The fraction of sp³-hybridized carbons (Fsp3) is 0.375. The Labute approximate surface area is 86.0 Å². The SMILES string of the molecule is CCOC(=O)CSc1ccc(N)nn1. The molecule has 0 saturated carbocycles. The highest BCUT2D eigenvalue weighted by atomic mass is 32.2. The Morgan fingerprint density at radius 2 is 2.36 bits per heavy atom. The summed E-state index contributed by atoms with van der Waals surface area (Å²) in [6.45, 7) is 2.17. The van der Waals surface area contributed by atoms with Gasteiger partial charge in [0.1, 0.15) is 10.8 Å². The van der Waals surface area contributed by atoms with Gasteiger partial charge in [0, 0.05) is 0 Å². The van der Waals surface area contributed by atoms with Crippen molar-refractivity contribution < 1.29 is 9.53 Å². The van der Waals surface area contributed by atoms with E-state index in [4.69, 9.17) is 10.5 Å². The molecule has 76 valence electrons. The van der Waals surface area contributed by atoms with Crippen molar-refractivity contribution in [2.24, 2.45) is 0 Å². The van der Waals surface area contributed by atoms with E-state index < -0.39 is 0 Å². The maximum atomic E-state index is 11.0. The Bertz CT molecular complexity index is 302. The van der Waals surface area contributed by atoms with Crippen molar-refractivity contribution in [2.75, 3.05) is 18.1 Å². The molecule has 0 saturated heterocycles. The lowest BCUT2D eigenvalue weighted by atomic mass is 10.5. The van der Waals surface area contributed by atoms with Crippen LogP contribution < -0.4 is 5.73 Å². The molecule has 0 fully saturated rings. The summed E-state index contributed by atoms with van der Waals surface area (Å²) >= 11 is 1.27. The second kappa shape index (κ2) is 5.43. The van der Waals surface area contributed by atoms with E-state index in [9.17, 15) is 4.79 Å². The van der Waals surface area contributed by atoms with Crippen molar-refractivity contribution in [3.05, 3.63) is 12.1 Å². The summed E-state index contributed by atoms with van der Waals surface area (Å²) in [5.41, 5.74) is 5.36. The molecule has 1 aromatic heterocycles. The molecule has 0 aromatic carbocycles. The number of nitrogens with zero attached hydrogens (tertiary/aromatic N) is 2. The molecule has 2 N–H and O–H groups in total. The Morgan fingerprint density at radius 3 is 2.93 bits per heavy atom. The number of nitrogens with two attached hydrogens (primary N) is 1. The molecule has 1 heterocycles. The van der Waals surface area contributed by atoms with Crippen molar-refractivity contribution in [3.8, 4) is 0 Å². The third-order valence-electron chi connectivity index (χ3n) is 1.30. The fourth-order valence-electron chi connectivity index (χ4n) is 0.743. The van der Waals surface area contributed by atoms with E-state index in [1.54, 1.807) is 19.1 Å². The minimum Gasteiger partial charge on any atom is -0.465 e. The first-order valence-corrected chi connectivity index (χ1v) is 5.08. The smallest absolute Gasteiger partial charge is 0.316 e. The highest BCUT2D eigenvalue weighted by molar-refractivity contribution is 7.99. The molecule has 5 nitrogen and oxygen atoms in total. The summed E-state index contributed by atoms with van der Waals surface area (Å²) in [6, 6.07) is 3.35. The minimum atomic E-state index is -0.254. The molecule has 0 bridgehead atoms. The van der Waals surface area contributed by atoms with Crippen LogP contribution in [0.4, 0.5) is 5.82 Å². The van der Waals surface area contributed by atoms with Gasteiger partial charge >= 0.3 is 5.97 Å². The van der Waals surface area contributed by atoms with Crippen LogP contribution in [0.5, 0.6) is 0 Å². The maximum Gasteiger partial charge on any atom is 0.316 e. The summed E-state index contributed by atoms with van der Waals surface area (Å²) in [4.78, 5) is 11.0. The van der Waals surface area contributed by atoms with Gasteiger partial charge in [0.25, 0.3) is 0 Å². The van der Waals surface area contributed by atoms with Crippen LogP contribution in [-0.4, -0.2) is 28.5 Å². The van der Waals surface area contributed by atoms with Gasteiger partial charge in [-0.2, -0.15) is 0 Å². The van der Waals surface area contributed by atoms with Crippen LogP contribution in [0.15, 0.2) is 17.2 Å². The minimum absolute atomic E-state index is 0.242. The van der Waals surface area contributed by atoms with E-state index in [0.717, 1.165) is 0 Å². The molecule has 1 rings (SSSR count). The van der Waals surface area contributed by atoms with Gasteiger partial charge in [-0.1, -0.05) is 11.8 Å². The van der Waals surface area contributed by atoms with Crippen LogP contribution in [0.25, 0.3) is 0 Å². The third kappa shape index (κ3) is 3.61. The number of esters is 1. The van der Waals surface area contributed by atoms with Crippen molar-refractivity contribution >= 4 is 23.5 Å². The first-order chi connectivity index (χ1) is 6.72. The van der Waals surface area contributed by atoms with Gasteiger partial charge in [0.05, 0.1) is 12.4 Å². The van der Waals surface area contributed by atoms with Gasteiger partial charge in [-0.15, -0.1) is 10.2 Å². The Kier molecular flexibility index (Phi) is 4.18. The Morgan fingerprint density at radius 1 is 1.57 bits per heavy atom. The lowest BCUT2D eigenvalue weighted by molar-refractivity contribution is -0.139. The van der Waals surface area contributed by atoms with Crippen LogP contribution in [0.1, 0.15) is 6.92 Å². The number of aromatic nitrogens is 2. The molecule has 0 radical (unpaired) electrons. The van der Waals surface area contributed by atoms with E-state index >= 15 is 0 Å². The molecular weight excluding hydrogens is 202 g/mol. The van der Waals surface area contributed by atoms with E-state index in [0.29, 0.717) is 17.5 Å². The standard InChI is InChI=1S/C8H11N3O2S/c1-2-13-8(12)5-14-7-4-3-6(9)10-11-7/h3-4H,2,5H2,1H3,(H2,9,10). The topological polar surface area (TPSA) is 78.1 Å². The first-order valence-electron chi connectivity index (χ1n) is 4.10. The van der Waals surface area contributed by atoms with Crippen LogP contribution in [0.3, 0.4) is 0 Å². The number of hydrogen-bond acceptors (Lipinski definition) is 6. The second-order valence-electron chi connectivity index (χ2n) is 2.39. The summed E-state index contributed by atoms with van der Waals surface area (Å²) in [7, 11) is 0. The van der Waals surface area contributed by atoms with Crippen molar-refractivity contribution in [2.45, 2.75) is 11.9 Å². The number of nitrogen functional groups attached to an aromatic ring is 1. The molecule has 0 aliphatic rings. The maximum absolute atomic E-state index is 11.0. The van der Waals surface area contributed by atoms with Gasteiger partial charge in [-0.25, -0.2) is 0 Å². The van der Waals surface area contributed by atoms with E-state index in [1.807, 2.05) is 0 Å². The van der Waals surface area contributed by atoms with E-state index in [-0.39, 0.29) is 11.7 Å². The lowest BCUT2D eigenvalue weighted by Gasteiger charge is -2.00.